The minimum Gasteiger partial charge on any atom is -0.489 e. The Balaban J connectivity index is 1.57. The summed E-state index contributed by atoms with van der Waals surface area (Å²) in [5.41, 5.74) is 5.70. The summed E-state index contributed by atoms with van der Waals surface area (Å²) in [6, 6.07) is 21.4. The van der Waals surface area contributed by atoms with E-state index in [0.717, 1.165) is 16.9 Å². The number of hydrogen-bond acceptors (Lipinski definition) is 4. The van der Waals surface area contributed by atoms with Crippen LogP contribution >= 0.6 is 11.6 Å². The number of anilines is 1. The molecule has 0 radical (unpaired) electrons. The number of aromatic carboxylic acids is 1. The smallest absolute Gasteiger partial charge is 0.335 e. The Morgan fingerprint density at radius 3 is 2.52 bits per heavy atom. The first kappa shape index (κ1) is 18.5. The molecule has 0 spiro atoms. The number of nitrogens with one attached hydrogen (secondary N) is 1. The molecule has 0 aromatic heterocycles. The molecule has 27 heavy (non-hydrogen) atoms. The molecule has 0 fully saturated rings. The maximum Gasteiger partial charge on any atom is 0.335 e. The third-order valence-electron chi connectivity index (χ3n) is 3.72. The summed E-state index contributed by atoms with van der Waals surface area (Å²) >= 11 is 5.88. The van der Waals surface area contributed by atoms with E-state index in [9.17, 15) is 4.79 Å². The molecule has 0 atom stereocenters. The predicted molar refractivity (Wildman–Crippen MR) is 107 cm³/mol. The molecule has 0 heterocycles. The highest BCUT2D eigenvalue weighted by Crippen LogP contribution is 2.16. The fraction of sp³-hybridized carbons (Fsp3) is 0.0476. The first-order valence-corrected chi connectivity index (χ1v) is 8.58. The van der Waals surface area contributed by atoms with E-state index in [1.807, 2.05) is 48.5 Å². The number of halogens is 1. The Labute approximate surface area is 161 Å². The third-order valence-corrected chi connectivity index (χ3v) is 3.97. The van der Waals surface area contributed by atoms with Crippen molar-refractivity contribution < 1.29 is 14.6 Å². The second kappa shape index (κ2) is 8.87. The Kier molecular flexibility index (Phi) is 6.07. The molecular weight excluding hydrogens is 364 g/mol. The van der Waals surface area contributed by atoms with Gasteiger partial charge in [0.15, 0.2) is 0 Å². The van der Waals surface area contributed by atoms with Gasteiger partial charge in [-0.05, 0) is 59.7 Å². The van der Waals surface area contributed by atoms with E-state index in [1.165, 1.54) is 12.1 Å². The normalized spacial score (nSPS) is 10.7. The van der Waals surface area contributed by atoms with Crippen LogP contribution in [0.2, 0.25) is 5.02 Å². The quantitative estimate of drug-likeness (QED) is 0.443. The zero-order valence-corrected chi connectivity index (χ0v) is 15.1. The molecule has 3 rings (SSSR count). The lowest BCUT2D eigenvalue weighted by atomic mass is 10.2. The van der Waals surface area contributed by atoms with Gasteiger partial charge in [0.25, 0.3) is 0 Å². The molecule has 0 saturated heterocycles. The molecule has 5 nitrogen and oxygen atoms in total. The fourth-order valence-corrected chi connectivity index (χ4v) is 2.43. The number of benzene rings is 3. The average Bonchev–Trinajstić information content (AvgIpc) is 2.68. The molecule has 0 unspecified atom stereocenters. The lowest BCUT2D eigenvalue weighted by Crippen LogP contribution is -1.97. The summed E-state index contributed by atoms with van der Waals surface area (Å²) < 4.78 is 5.79. The molecule has 0 aliphatic carbocycles. The van der Waals surface area contributed by atoms with Gasteiger partial charge >= 0.3 is 5.97 Å². The summed E-state index contributed by atoms with van der Waals surface area (Å²) in [6.07, 6.45) is 1.67. The third kappa shape index (κ3) is 5.59. The number of ether oxygens (including phenoxy) is 1. The van der Waals surface area contributed by atoms with E-state index in [-0.39, 0.29) is 5.56 Å². The molecule has 0 bridgehead atoms. The van der Waals surface area contributed by atoms with Crippen molar-refractivity contribution in [3.05, 3.63) is 94.5 Å². The molecule has 3 aromatic carbocycles. The Hall–Kier alpha value is -3.31. The predicted octanol–water partition coefficient (Wildman–Crippen LogP) is 5.06. The van der Waals surface area contributed by atoms with Crippen LogP contribution in [0.1, 0.15) is 21.5 Å². The molecule has 136 valence electrons. The van der Waals surface area contributed by atoms with Crippen molar-refractivity contribution in [3.63, 3.8) is 0 Å². The van der Waals surface area contributed by atoms with Gasteiger partial charge in [0.1, 0.15) is 12.4 Å². The van der Waals surface area contributed by atoms with Gasteiger partial charge in [0.2, 0.25) is 0 Å². The van der Waals surface area contributed by atoms with Crippen LogP contribution in [0.15, 0.2) is 77.9 Å². The molecular formula is C21H17ClN2O3. The number of carboxylic acids is 1. The van der Waals surface area contributed by atoms with Crippen molar-refractivity contribution in [2.75, 3.05) is 5.43 Å². The molecule has 0 amide bonds. The number of carboxylic acid groups (broad SMARTS) is 1. The van der Waals surface area contributed by atoms with E-state index in [2.05, 4.69) is 10.5 Å². The summed E-state index contributed by atoms with van der Waals surface area (Å²) in [7, 11) is 0. The van der Waals surface area contributed by atoms with E-state index < -0.39 is 5.97 Å². The van der Waals surface area contributed by atoms with Gasteiger partial charge in [-0.3, -0.25) is 5.43 Å². The minimum absolute atomic E-state index is 0.232. The van der Waals surface area contributed by atoms with Crippen LogP contribution in [0.25, 0.3) is 0 Å². The monoisotopic (exact) mass is 380 g/mol. The van der Waals surface area contributed by atoms with Crippen molar-refractivity contribution in [1.29, 1.82) is 0 Å². The minimum atomic E-state index is -0.958. The first-order valence-electron chi connectivity index (χ1n) is 8.20. The van der Waals surface area contributed by atoms with Gasteiger partial charge in [-0.1, -0.05) is 35.9 Å². The molecule has 6 heteroatoms. The van der Waals surface area contributed by atoms with Crippen molar-refractivity contribution in [1.82, 2.24) is 0 Å². The topological polar surface area (TPSA) is 70.9 Å². The number of rotatable bonds is 7. The first-order chi connectivity index (χ1) is 13.1. The molecule has 0 aliphatic heterocycles. The van der Waals surface area contributed by atoms with Crippen molar-refractivity contribution in [3.8, 4) is 5.75 Å². The van der Waals surface area contributed by atoms with Crippen LogP contribution in [0, 0.1) is 0 Å². The van der Waals surface area contributed by atoms with E-state index in [1.54, 1.807) is 18.3 Å². The zero-order chi connectivity index (χ0) is 19.1. The molecule has 0 saturated carbocycles. The summed E-state index contributed by atoms with van der Waals surface area (Å²) in [5.74, 6) is -0.222. The zero-order valence-electron chi connectivity index (χ0n) is 14.3. The lowest BCUT2D eigenvalue weighted by molar-refractivity contribution is 0.0697. The second-order valence-corrected chi connectivity index (χ2v) is 6.18. The van der Waals surface area contributed by atoms with E-state index in [0.29, 0.717) is 17.3 Å². The highest BCUT2D eigenvalue weighted by Gasteiger charge is 2.01. The van der Waals surface area contributed by atoms with Crippen LogP contribution in [-0.2, 0) is 6.61 Å². The SMILES string of the molecule is O=C(O)c1ccc(N/N=C/c2cccc(OCc3ccc(Cl)cc3)c2)cc1. The summed E-state index contributed by atoms with van der Waals surface area (Å²) in [5, 5.41) is 13.7. The molecule has 2 N–H and O–H groups in total. The van der Waals surface area contributed by atoms with Crippen LogP contribution in [0.5, 0.6) is 5.75 Å². The average molecular weight is 381 g/mol. The maximum absolute atomic E-state index is 10.8. The van der Waals surface area contributed by atoms with Gasteiger partial charge in [-0.2, -0.15) is 5.10 Å². The standard InChI is InChI=1S/C21H17ClN2O3/c22-18-8-4-15(5-9-18)14-27-20-3-1-2-16(12-20)13-23-24-19-10-6-17(7-11-19)21(25)26/h1-13,24H,14H2,(H,25,26)/b23-13+. The van der Waals surface area contributed by atoms with Crippen molar-refractivity contribution in [2.24, 2.45) is 5.10 Å². The second-order valence-electron chi connectivity index (χ2n) is 5.74. The molecule has 3 aromatic rings. The Morgan fingerprint density at radius 1 is 1.07 bits per heavy atom. The van der Waals surface area contributed by atoms with Crippen LogP contribution < -0.4 is 10.2 Å². The van der Waals surface area contributed by atoms with Crippen molar-refractivity contribution >= 4 is 29.5 Å². The summed E-state index contributed by atoms with van der Waals surface area (Å²) in [6.45, 7) is 0.450. The summed E-state index contributed by atoms with van der Waals surface area (Å²) in [4.78, 5) is 10.8. The van der Waals surface area contributed by atoms with Crippen LogP contribution in [-0.4, -0.2) is 17.3 Å². The number of hydrazone groups is 1. The fourth-order valence-electron chi connectivity index (χ4n) is 2.30. The Bertz CT molecular complexity index is 938. The Morgan fingerprint density at radius 2 is 1.81 bits per heavy atom. The van der Waals surface area contributed by atoms with Gasteiger partial charge in [-0.25, -0.2) is 4.79 Å². The highest BCUT2D eigenvalue weighted by molar-refractivity contribution is 6.30. The van der Waals surface area contributed by atoms with Gasteiger partial charge in [-0.15, -0.1) is 0 Å². The number of nitrogens with zero attached hydrogens (tertiary/aromatic N) is 1. The van der Waals surface area contributed by atoms with Crippen LogP contribution in [0.4, 0.5) is 5.69 Å². The van der Waals surface area contributed by atoms with Crippen molar-refractivity contribution in [2.45, 2.75) is 6.61 Å². The molecule has 0 aliphatic rings. The lowest BCUT2D eigenvalue weighted by Gasteiger charge is -2.07. The van der Waals surface area contributed by atoms with E-state index in [4.69, 9.17) is 21.4 Å². The van der Waals surface area contributed by atoms with Gasteiger partial charge in [0, 0.05) is 5.02 Å². The van der Waals surface area contributed by atoms with E-state index >= 15 is 0 Å². The van der Waals surface area contributed by atoms with Gasteiger partial charge < -0.3 is 9.84 Å². The largest absolute Gasteiger partial charge is 0.489 e. The van der Waals surface area contributed by atoms with Gasteiger partial charge in [0.05, 0.1) is 17.5 Å². The number of hydrogen-bond donors (Lipinski definition) is 2. The maximum atomic E-state index is 10.8. The van der Waals surface area contributed by atoms with Crippen LogP contribution in [0.3, 0.4) is 0 Å². The highest BCUT2D eigenvalue weighted by atomic mass is 35.5. The number of carbonyl (C=O) groups is 1.